The van der Waals surface area contributed by atoms with Crippen molar-refractivity contribution in [3.8, 4) is 5.75 Å². The van der Waals surface area contributed by atoms with Gasteiger partial charge < -0.3 is 9.84 Å². The Hall–Kier alpha value is -0.800. The van der Waals surface area contributed by atoms with Crippen LogP contribution in [0.4, 0.5) is 0 Å². The van der Waals surface area contributed by atoms with E-state index in [4.69, 9.17) is 4.74 Å². The molecule has 0 saturated carbocycles. The summed E-state index contributed by atoms with van der Waals surface area (Å²) in [6.45, 7) is 8.12. The van der Waals surface area contributed by atoms with Crippen molar-refractivity contribution in [2.75, 3.05) is 6.61 Å². The van der Waals surface area contributed by atoms with E-state index < -0.39 is 6.10 Å². The molecule has 16 heavy (non-hydrogen) atoms. The summed E-state index contributed by atoms with van der Waals surface area (Å²) < 4.78 is 6.56. The van der Waals surface area contributed by atoms with Gasteiger partial charge >= 0.3 is 0 Å². The van der Waals surface area contributed by atoms with Gasteiger partial charge in [-0.3, -0.25) is 0 Å². The monoisotopic (exact) mass is 284 g/mol. The van der Waals surface area contributed by atoms with Gasteiger partial charge in [0.1, 0.15) is 5.75 Å². The van der Waals surface area contributed by atoms with Crippen molar-refractivity contribution in [2.45, 2.75) is 26.4 Å². The molecule has 2 nitrogen and oxygen atoms in total. The Morgan fingerprint density at radius 2 is 2.25 bits per heavy atom. The van der Waals surface area contributed by atoms with Crippen LogP contribution in [0, 0.1) is 0 Å². The topological polar surface area (TPSA) is 29.5 Å². The van der Waals surface area contributed by atoms with Crippen molar-refractivity contribution in [3.63, 3.8) is 0 Å². The number of aliphatic hydroxyl groups is 1. The van der Waals surface area contributed by atoms with E-state index in [1.54, 1.807) is 6.92 Å². The number of hydrogen-bond acceptors (Lipinski definition) is 2. The molecule has 1 atom stereocenters. The maximum Gasteiger partial charge on any atom is 0.125 e. The average molecular weight is 285 g/mol. The molecule has 3 heteroatoms. The zero-order valence-corrected chi connectivity index (χ0v) is 11.3. The first-order valence-corrected chi connectivity index (χ1v) is 6.04. The molecule has 1 aromatic rings. The first kappa shape index (κ1) is 13.3. The molecule has 0 saturated heterocycles. The zero-order chi connectivity index (χ0) is 12.1. The van der Waals surface area contributed by atoms with E-state index in [9.17, 15) is 5.11 Å². The summed E-state index contributed by atoms with van der Waals surface area (Å²) in [6, 6.07) is 5.65. The highest BCUT2D eigenvalue weighted by Crippen LogP contribution is 2.28. The van der Waals surface area contributed by atoms with Crippen LogP contribution in [0.2, 0.25) is 0 Å². The molecule has 0 unspecified atom stereocenters. The zero-order valence-electron chi connectivity index (χ0n) is 9.66. The van der Waals surface area contributed by atoms with Crippen LogP contribution in [0.1, 0.15) is 31.9 Å². The first-order chi connectivity index (χ1) is 7.50. The fourth-order valence-electron chi connectivity index (χ4n) is 1.31. The summed E-state index contributed by atoms with van der Waals surface area (Å²) >= 11 is 3.38. The van der Waals surface area contributed by atoms with Gasteiger partial charge in [-0.1, -0.05) is 21.5 Å². The van der Waals surface area contributed by atoms with Gasteiger partial charge in [-0.2, -0.15) is 0 Å². The molecule has 0 aliphatic carbocycles. The van der Waals surface area contributed by atoms with E-state index >= 15 is 0 Å². The normalized spacial score (nSPS) is 12.2. The number of benzene rings is 1. The van der Waals surface area contributed by atoms with Crippen LogP contribution in [0.15, 0.2) is 34.8 Å². The summed E-state index contributed by atoms with van der Waals surface area (Å²) in [7, 11) is 0. The van der Waals surface area contributed by atoms with Crippen LogP contribution < -0.4 is 4.74 Å². The third-order valence-corrected chi connectivity index (χ3v) is 2.70. The van der Waals surface area contributed by atoms with E-state index in [1.165, 1.54) is 0 Å². The number of halogens is 1. The second-order valence-electron chi connectivity index (χ2n) is 3.91. The Bertz CT molecular complexity index is 372. The van der Waals surface area contributed by atoms with Crippen molar-refractivity contribution in [3.05, 3.63) is 40.4 Å². The SMILES string of the molecule is C=C(C)CCOc1ccc(Br)cc1[C@@H](C)O. The van der Waals surface area contributed by atoms with Crippen molar-refractivity contribution < 1.29 is 9.84 Å². The molecule has 1 N–H and O–H groups in total. The van der Waals surface area contributed by atoms with Gasteiger partial charge in [0, 0.05) is 16.5 Å². The van der Waals surface area contributed by atoms with E-state index in [-0.39, 0.29) is 0 Å². The Morgan fingerprint density at radius 3 is 2.81 bits per heavy atom. The molecule has 1 aromatic carbocycles. The standard InChI is InChI=1S/C13H17BrO2/c1-9(2)6-7-16-13-5-4-11(14)8-12(13)10(3)15/h4-5,8,10,15H,1,6-7H2,2-3H3/t10-/m1/s1. The van der Waals surface area contributed by atoms with Crippen LogP contribution in [-0.4, -0.2) is 11.7 Å². The lowest BCUT2D eigenvalue weighted by Crippen LogP contribution is -2.02. The van der Waals surface area contributed by atoms with Crippen molar-refractivity contribution >= 4 is 15.9 Å². The van der Waals surface area contributed by atoms with Gasteiger partial charge in [-0.05, 0) is 32.0 Å². The third kappa shape index (κ3) is 3.99. The fraction of sp³-hybridized carbons (Fsp3) is 0.385. The lowest BCUT2D eigenvalue weighted by atomic mass is 10.1. The van der Waals surface area contributed by atoms with Crippen LogP contribution in [0.25, 0.3) is 0 Å². The molecule has 1 rings (SSSR count). The van der Waals surface area contributed by atoms with E-state index in [2.05, 4.69) is 22.5 Å². The molecular formula is C13H17BrO2. The summed E-state index contributed by atoms with van der Waals surface area (Å²) in [4.78, 5) is 0. The molecule has 0 radical (unpaired) electrons. The predicted molar refractivity (Wildman–Crippen MR) is 69.7 cm³/mol. The van der Waals surface area contributed by atoms with Gasteiger partial charge in [0.05, 0.1) is 12.7 Å². The van der Waals surface area contributed by atoms with Gasteiger partial charge in [0.15, 0.2) is 0 Å². The van der Waals surface area contributed by atoms with Crippen molar-refractivity contribution in [1.29, 1.82) is 0 Å². The van der Waals surface area contributed by atoms with Crippen molar-refractivity contribution in [1.82, 2.24) is 0 Å². The molecule has 0 bridgehead atoms. The van der Waals surface area contributed by atoms with Gasteiger partial charge in [0.2, 0.25) is 0 Å². The van der Waals surface area contributed by atoms with Crippen LogP contribution >= 0.6 is 15.9 Å². The predicted octanol–water partition coefficient (Wildman–Crippen LogP) is 3.85. The Kier molecular flexibility index (Phi) is 5.03. The molecule has 0 amide bonds. The second kappa shape index (κ2) is 6.06. The molecule has 0 fully saturated rings. The minimum absolute atomic E-state index is 0.530. The fourth-order valence-corrected chi connectivity index (χ4v) is 1.69. The lowest BCUT2D eigenvalue weighted by Gasteiger charge is -2.13. The molecule has 0 aliphatic rings. The summed E-state index contributed by atoms with van der Waals surface area (Å²) in [5.74, 6) is 0.736. The summed E-state index contributed by atoms with van der Waals surface area (Å²) in [5, 5.41) is 9.62. The Morgan fingerprint density at radius 1 is 1.56 bits per heavy atom. The first-order valence-electron chi connectivity index (χ1n) is 5.25. The Labute approximate surface area is 105 Å². The minimum Gasteiger partial charge on any atom is -0.493 e. The van der Waals surface area contributed by atoms with E-state index in [1.807, 2.05) is 25.1 Å². The number of aliphatic hydroxyl groups excluding tert-OH is 1. The highest BCUT2D eigenvalue weighted by Gasteiger charge is 2.09. The highest BCUT2D eigenvalue weighted by atomic mass is 79.9. The molecule has 0 spiro atoms. The number of hydrogen-bond donors (Lipinski definition) is 1. The smallest absolute Gasteiger partial charge is 0.125 e. The quantitative estimate of drug-likeness (QED) is 0.833. The maximum atomic E-state index is 9.62. The van der Waals surface area contributed by atoms with Crippen LogP contribution in [0.3, 0.4) is 0 Å². The van der Waals surface area contributed by atoms with E-state index in [0.29, 0.717) is 6.61 Å². The Balaban J connectivity index is 2.74. The van der Waals surface area contributed by atoms with Crippen LogP contribution in [0.5, 0.6) is 5.75 Å². The van der Waals surface area contributed by atoms with Gasteiger partial charge in [0.25, 0.3) is 0 Å². The van der Waals surface area contributed by atoms with Gasteiger partial charge in [-0.25, -0.2) is 0 Å². The summed E-state index contributed by atoms with van der Waals surface area (Å²) in [6.07, 6.45) is 0.298. The summed E-state index contributed by atoms with van der Waals surface area (Å²) in [5.41, 5.74) is 1.90. The molecule has 88 valence electrons. The van der Waals surface area contributed by atoms with Crippen molar-refractivity contribution in [2.24, 2.45) is 0 Å². The molecule has 0 aromatic heterocycles. The number of rotatable bonds is 5. The molecule has 0 aliphatic heterocycles. The average Bonchev–Trinajstić information content (AvgIpc) is 2.19. The maximum absolute atomic E-state index is 9.62. The molecule has 0 heterocycles. The largest absolute Gasteiger partial charge is 0.493 e. The van der Waals surface area contributed by atoms with Crippen LogP contribution in [-0.2, 0) is 0 Å². The number of ether oxygens (including phenoxy) is 1. The molecular weight excluding hydrogens is 268 g/mol. The van der Waals surface area contributed by atoms with E-state index in [0.717, 1.165) is 27.8 Å². The second-order valence-corrected chi connectivity index (χ2v) is 4.83. The van der Waals surface area contributed by atoms with Gasteiger partial charge in [-0.15, -0.1) is 6.58 Å². The minimum atomic E-state index is -0.530. The third-order valence-electron chi connectivity index (χ3n) is 2.21. The lowest BCUT2D eigenvalue weighted by molar-refractivity contribution is 0.191. The highest BCUT2D eigenvalue weighted by molar-refractivity contribution is 9.10.